The molecule has 2 heterocycles. The number of morpholine rings is 1. The van der Waals surface area contributed by atoms with Gasteiger partial charge in [-0.05, 0) is 17.7 Å². The van der Waals surface area contributed by atoms with Crippen LogP contribution in [-0.4, -0.2) is 73.5 Å². The van der Waals surface area contributed by atoms with Gasteiger partial charge >= 0.3 is 0 Å². The van der Waals surface area contributed by atoms with E-state index in [-0.39, 0.29) is 18.4 Å². The maximum atomic E-state index is 12.4. The van der Waals surface area contributed by atoms with E-state index < -0.39 is 0 Å². The first-order valence-electron chi connectivity index (χ1n) is 8.41. The van der Waals surface area contributed by atoms with Crippen molar-refractivity contribution in [2.75, 3.05) is 45.9 Å². The van der Waals surface area contributed by atoms with E-state index in [1.807, 2.05) is 17.0 Å². The summed E-state index contributed by atoms with van der Waals surface area (Å²) in [6.07, 6.45) is 0. The zero-order valence-electron chi connectivity index (χ0n) is 14.1. The molecule has 0 atom stereocenters. The molecule has 1 aromatic carbocycles. The zero-order chi connectivity index (χ0) is 17.6. The number of carbonyl (C=O) groups excluding carboxylic acids is 2. The summed E-state index contributed by atoms with van der Waals surface area (Å²) in [6, 6.07) is 7.27. The average molecular weight is 345 g/mol. The fraction of sp³-hybridized carbons (Fsp3) is 0.471. The Balaban J connectivity index is 1.58. The number of rotatable bonds is 3. The summed E-state index contributed by atoms with van der Waals surface area (Å²) in [6.45, 7) is 4.46. The van der Waals surface area contributed by atoms with Crippen molar-refractivity contribution in [3.8, 4) is 0 Å². The SMILES string of the molecule is NC(=NCc1ccc(C(=O)N2CCNC(=O)C2)cc1)N1CCOCC1. The summed E-state index contributed by atoms with van der Waals surface area (Å²) in [5, 5.41) is 2.71. The molecule has 2 amide bonds. The molecule has 25 heavy (non-hydrogen) atoms. The van der Waals surface area contributed by atoms with Gasteiger partial charge in [-0.2, -0.15) is 0 Å². The molecular weight excluding hydrogens is 322 g/mol. The van der Waals surface area contributed by atoms with Crippen molar-refractivity contribution in [1.29, 1.82) is 0 Å². The summed E-state index contributed by atoms with van der Waals surface area (Å²) in [7, 11) is 0. The standard InChI is InChI=1S/C17H23N5O3/c18-17(21-7-9-25-10-8-21)20-11-13-1-3-14(4-2-13)16(24)22-6-5-19-15(23)12-22/h1-4H,5-12H2,(H2,18,20)(H,19,23). The van der Waals surface area contributed by atoms with Crippen molar-refractivity contribution >= 4 is 17.8 Å². The Morgan fingerprint density at radius 1 is 1.16 bits per heavy atom. The number of nitrogens with one attached hydrogen (secondary N) is 1. The van der Waals surface area contributed by atoms with Crippen LogP contribution in [0.5, 0.6) is 0 Å². The molecule has 0 unspecified atom stereocenters. The number of carbonyl (C=O) groups is 2. The van der Waals surface area contributed by atoms with Gasteiger partial charge < -0.3 is 25.6 Å². The number of nitrogens with zero attached hydrogens (tertiary/aromatic N) is 3. The number of amides is 2. The van der Waals surface area contributed by atoms with Gasteiger partial charge in [-0.25, -0.2) is 4.99 Å². The lowest BCUT2D eigenvalue weighted by Crippen LogP contribution is -2.49. The Labute approximate surface area is 146 Å². The molecule has 2 aliphatic heterocycles. The van der Waals surface area contributed by atoms with Crippen LogP contribution in [0.25, 0.3) is 0 Å². The van der Waals surface area contributed by atoms with E-state index in [4.69, 9.17) is 10.5 Å². The number of piperazine rings is 1. The minimum atomic E-state index is -0.127. The van der Waals surface area contributed by atoms with Gasteiger partial charge in [0.2, 0.25) is 5.91 Å². The minimum absolute atomic E-state index is 0.112. The molecule has 0 radical (unpaired) electrons. The zero-order valence-corrected chi connectivity index (χ0v) is 14.1. The molecule has 0 saturated carbocycles. The quantitative estimate of drug-likeness (QED) is 0.563. The molecule has 2 fully saturated rings. The first-order valence-corrected chi connectivity index (χ1v) is 8.41. The van der Waals surface area contributed by atoms with Crippen molar-refractivity contribution in [3.05, 3.63) is 35.4 Å². The van der Waals surface area contributed by atoms with E-state index in [1.54, 1.807) is 17.0 Å². The van der Waals surface area contributed by atoms with Crippen LogP contribution in [0.2, 0.25) is 0 Å². The smallest absolute Gasteiger partial charge is 0.254 e. The predicted molar refractivity (Wildman–Crippen MR) is 93.1 cm³/mol. The molecule has 0 aromatic heterocycles. The van der Waals surface area contributed by atoms with Crippen LogP contribution in [0.3, 0.4) is 0 Å². The summed E-state index contributed by atoms with van der Waals surface area (Å²) in [4.78, 5) is 31.8. The van der Waals surface area contributed by atoms with Gasteiger partial charge in [0.25, 0.3) is 5.91 Å². The van der Waals surface area contributed by atoms with Gasteiger partial charge in [0, 0.05) is 31.7 Å². The van der Waals surface area contributed by atoms with Crippen LogP contribution >= 0.6 is 0 Å². The van der Waals surface area contributed by atoms with E-state index in [2.05, 4.69) is 10.3 Å². The molecule has 3 N–H and O–H groups in total. The van der Waals surface area contributed by atoms with Crippen LogP contribution in [0, 0.1) is 0 Å². The Morgan fingerprint density at radius 3 is 2.56 bits per heavy atom. The van der Waals surface area contributed by atoms with Crippen LogP contribution in [0.4, 0.5) is 0 Å². The highest BCUT2D eigenvalue weighted by atomic mass is 16.5. The molecule has 0 spiro atoms. The molecule has 3 rings (SSSR count). The largest absolute Gasteiger partial charge is 0.378 e. The molecule has 134 valence electrons. The van der Waals surface area contributed by atoms with Crippen molar-refractivity contribution in [1.82, 2.24) is 15.1 Å². The number of hydrogen-bond acceptors (Lipinski definition) is 4. The van der Waals surface area contributed by atoms with Gasteiger partial charge in [0.05, 0.1) is 26.3 Å². The number of benzene rings is 1. The van der Waals surface area contributed by atoms with Crippen LogP contribution in [0.15, 0.2) is 29.3 Å². The first-order chi connectivity index (χ1) is 12.1. The lowest BCUT2D eigenvalue weighted by atomic mass is 10.1. The third kappa shape index (κ3) is 4.48. The Bertz CT molecular complexity index is 653. The lowest BCUT2D eigenvalue weighted by Gasteiger charge is -2.27. The van der Waals surface area contributed by atoms with Crippen LogP contribution in [0.1, 0.15) is 15.9 Å². The van der Waals surface area contributed by atoms with Crippen LogP contribution in [-0.2, 0) is 16.1 Å². The third-order valence-electron chi connectivity index (χ3n) is 4.29. The third-order valence-corrected chi connectivity index (χ3v) is 4.29. The highest BCUT2D eigenvalue weighted by Crippen LogP contribution is 2.10. The number of nitrogens with two attached hydrogens (primary N) is 1. The number of hydrogen-bond donors (Lipinski definition) is 2. The maximum Gasteiger partial charge on any atom is 0.254 e. The summed E-state index contributed by atoms with van der Waals surface area (Å²) < 4.78 is 5.29. The topological polar surface area (TPSA) is 100 Å². The van der Waals surface area contributed by atoms with Gasteiger partial charge in [-0.1, -0.05) is 12.1 Å². The normalized spacial score (nSPS) is 18.9. The second-order valence-corrected chi connectivity index (χ2v) is 6.05. The van der Waals surface area contributed by atoms with E-state index in [1.165, 1.54) is 0 Å². The Kier molecular flexibility index (Phi) is 5.49. The molecule has 1 aromatic rings. The van der Waals surface area contributed by atoms with E-state index in [0.29, 0.717) is 44.4 Å². The molecule has 8 heteroatoms. The van der Waals surface area contributed by atoms with Crippen molar-refractivity contribution in [3.63, 3.8) is 0 Å². The van der Waals surface area contributed by atoms with Crippen molar-refractivity contribution in [2.24, 2.45) is 10.7 Å². The molecular formula is C17H23N5O3. The Hall–Kier alpha value is -2.61. The van der Waals surface area contributed by atoms with E-state index >= 15 is 0 Å². The number of ether oxygens (including phenoxy) is 1. The minimum Gasteiger partial charge on any atom is -0.378 e. The maximum absolute atomic E-state index is 12.4. The van der Waals surface area contributed by atoms with Crippen molar-refractivity contribution in [2.45, 2.75) is 6.54 Å². The summed E-state index contributed by atoms with van der Waals surface area (Å²) in [5.74, 6) is 0.268. The monoisotopic (exact) mass is 345 g/mol. The predicted octanol–water partition coefficient (Wildman–Crippen LogP) is -0.594. The number of guanidine groups is 1. The molecule has 2 saturated heterocycles. The fourth-order valence-corrected chi connectivity index (χ4v) is 2.81. The average Bonchev–Trinajstić information content (AvgIpc) is 2.66. The summed E-state index contributed by atoms with van der Waals surface area (Å²) in [5.41, 5.74) is 7.56. The van der Waals surface area contributed by atoms with Crippen LogP contribution < -0.4 is 11.1 Å². The fourth-order valence-electron chi connectivity index (χ4n) is 2.81. The Morgan fingerprint density at radius 2 is 1.88 bits per heavy atom. The highest BCUT2D eigenvalue weighted by Gasteiger charge is 2.22. The van der Waals surface area contributed by atoms with Crippen molar-refractivity contribution < 1.29 is 14.3 Å². The molecule has 0 bridgehead atoms. The van der Waals surface area contributed by atoms with E-state index in [9.17, 15) is 9.59 Å². The number of aliphatic imine (C=N–C) groups is 1. The second kappa shape index (κ2) is 7.98. The molecule has 8 nitrogen and oxygen atoms in total. The van der Waals surface area contributed by atoms with Gasteiger partial charge in [0.15, 0.2) is 5.96 Å². The summed E-state index contributed by atoms with van der Waals surface area (Å²) >= 11 is 0. The first kappa shape index (κ1) is 17.2. The van der Waals surface area contributed by atoms with E-state index in [0.717, 1.165) is 18.7 Å². The van der Waals surface area contributed by atoms with Gasteiger partial charge in [-0.15, -0.1) is 0 Å². The molecule has 2 aliphatic rings. The molecule has 0 aliphatic carbocycles. The second-order valence-electron chi connectivity index (χ2n) is 6.05. The van der Waals surface area contributed by atoms with Gasteiger partial charge in [0.1, 0.15) is 0 Å². The van der Waals surface area contributed by atoms with Gasteiger partial charge in [-0.3, -0.25) is 9.59 Å². The highest BCUT2D eigenvalue weighted by molar-refractivity contribution is 5.97. The lowest BCUT2D eigenvalue weighted by molar-refractivity contribution is -0.123.